The van der Waals surface area contributed by atoms with Gasteiger partial charge in [0.25, 0.3) is 0 Å². The number of β-amino-alcohol motifs (C(OH)–C–C–N with tert-alkyl or cyclic N) is 1. The van der Waals surface area contributed by atoms with Crippen molar-refractivity contribution in [3.8, 4) is 0 Å². The number of aliphatic hydroxyl groups is 1. The summed E-state index contributed by atoms with van der Waals surface area (Å²) < 4.78 is 0. The third kappa shape index (κ3) is 2.02. The number of hydrogen-bond acceptors (Lipinski definition) is 2. The molecule has 0 bridgehead atoms. The van der Waals surface area contributed by atoms with E-state index < -0.39 is 0 Å². The molecule has 1 aromatic rings. The van der Waals surface area contributed by atoms with Crippen molar-refractivity contribution in [2.45, 2.75) is 12.6 Å². The number of fused-ring (bicyclic) bond motifs is 1. The lowest BCUT2D eigenvalue weighted by atomic mass is 9.98. The molecule has 1 unspecified atom stereocenters. The fourth-order valence-electron chi connectivity index (χ4n) is 1.75. The molecule has 0 aromatic heterocycles. The Morgan fingerprint density at radius 2 is 2.08 bits per heavy atom. The van der Waals surface area contributed by atoms with Crippen molar-refractivity contribution in [2.75, 3.05) is 13.6 Å². The molecule has 0 aliphatic carbocycles. The van der Waals surface area contributed by atoms with Gasteiger partial charge in [0.15, 0.2) is 0 Å². The molecule has 1 N–H and O–H groups in total. The lowest BCUT2D eigenvalue weighted by Crippen LogP contribution is -2.30. The van der Waals surface area contributed by atoms with E-state index in [1.807, 2.05) is 25.2 Å². The van der Waals surface area contributed by atoms with Crippen LogP contribution in [-0.4, -0.2) is 23.6 Å². The molecular formula is C10H14ClNO. The van der Waals surface area contributed by atoms with Gasteiger partial charge in [0.1, 0.15) is 0 Å². The monoisotopic (exact) mass is 199 g/mol. The van der Waals surface area contributed by atoms with E-state index in [4.69, 9.17) is 0 Å². The summed E-state index contributed by atoms with van der Waals surface area (Å²) in [5.41, 5.74) is 2.34. The van der Waals surface area contributed by atoms with Gasteiger partial charge < -0.3 is 5.11 Å². The molecule has 0 amide bonds. The third-order valence-electron chi connectivity index (χ3n) is 2.34. The normalized spacial score (nSPS) is 21.8. The van der Waals surface area contributed by atoms with Crippen LogP contribution in [0.3, 0.4) is 0 Å². The van der Waals surface area contributed by atoms with E-state index in [2.05, 4.69) is 11.0 Å². The zero-order valence-electron chi connectivity index (χ0n) is 7.60. The SMILES string of the molecule is CN1Cc2ccccc2C(O)C1.Cl. The molecule has 2 rings (SSSR count). The van der Waals surface area contributed by atoms with Gasteiger partial charge >= 0.3 is 0 Å². The maximum Gasteiger partial charge on any atom is 0.0920 e. The minimum Gasteiger partial charge on any atom is -0.387 e. The number of benzene rings is 1. The average molecular weight is 200 g/mol. The van der Waals surface area contributed by atoms with Crippen molar-refractivity contribution >= 4 is 12.4 Å². The summed E-state index contributed by atoms with van der Waals surface area (Å²) in [6, 6.07) is 8.08. The molecule has 0 fully saturated rings. The highest BCUT2D eigenvalue weighted by Crippen LogP contribution is 2.24. The largest absolute Gasteiger partial charge is 0.387 e. The predicted molar refractivity (Wildman–Crippen MR) is 55.0 cm³/mol. The first-order chi connectivity index (χ1) is 5.77. The molecule has 0 spiro atoms. The van der Waals surface area contributed by atoms with Gasteiger partial charge in [0.05, 0.1) is 6.10 Å². The Morgan fingerprint density at radius 1 is 1.38 bits per heavy atom. The summed E-state index contributed by atoms with van der Waals surface area (Å²) in [5, 5.41) is 9.69. The fraction of sp³-hybridized carbons (Fsp3) is 0.400. The molecule has 1 aromatic carbocycles. The van der Waals surface area contributed by atoms with Crippen molar-refractivity contribution < 1.29 is 5.11 Å². The van der Waals surface area contributed by atoms with Crippen LogP contribution in [0.4, 0.5) is 0 Å². The third-order valence-corrected chi connectivity index (χ3v) is 2.34. The van der Waals surface area contributed by atoms with Crippen molar-refractivity contribution in [2.24, 2.45) is 0 Å². The molecule has 72 valence electrons. The Bertz CT molecular complexity index is 290. The maximum atomic E-state index is 9.69. The minimum atomic E-state index is -0.306. The second kappa shape index (κ2) is 4.09. The highest BCUT2D eigenvalue weighted by atomic mass is 35.5. The van der Waals surface area contributed by atoms with Crippen LogP contribution >= 0.6 is 12.4 Å². The van der Waals surface area contributed by atoms with Crippen LogP contribution in [-0.2, 0) is 6.54 Å². The summed E-state index contributed by atoms with van der Waals surface area (Å²) in [5.74, 6) is 0. The van der Waals surface area contributed by atoms with E-state index in [9.17, 15) is 5.11 Å². The molecule has 0 saturated heterocycles. The van der Waals surface area contributed by atoms with Gasteiger partial charge in [0, 0.05) is 13.1 Å². The highest BCUT2D eigenvalue weighted by molar-refractivity contribution is 5.85. The van der Waals surface area contributed by atoms with Crippen LogP contribution in [0.15, 0.2) is 24.3 Å². The highest BCUT2D eigenvalue weighted by Gasteiger charge is 2.19. The molecule has 3 heteroatoms. The van der Waals surface area contributed by atoms with Crippen LogP contribution in [0, 0.1) is 0 Å². The zero-order valence-corrected chi connectivity index (χ0v) is 8.42. The van der Waals surface area contributed by atoms with Crippen LogP contribution in [0.2, 0.25) is 0 Å². The summed E-state index contributed by atoms with van der Waals surface area (Å²) in [6.07, 6.45) is -0.306. The number of halogens is 1. The van der Waals surface area contributed by atoms with Gasteiger partial charge in [-0.1, -0.05) is 24.3 Å². The average Bonchev–Trinajstić information content (AvgIpc) is 2.04. The van der Waals surface area contributed by atoms with Gasteiger partial charge in [-0.2, -0.15) is 0 Å². The van der Waals surface area contributed by atoms with E-state index in [0.29, 0.717) is 0 Å². The van der Waals surface area contributed by atoms with E-state index in [-0.39, 0.29) is 18.5 Å². The Morgan fingerprint density at radius 3 is 2.85 bits per heavy atom. The number of hydrogen-bond donors (Lipinski definition) is 1. The smallest absolute Gasteiger partial charge is 0.0920 e. The van der Waals surface area contributed by atoms with Gasteiger partial charge in [-0.3, -0.25) is 4.90 Å². The Kier molecular flexibility index (Phi) is 3.31. The van der Waals surface area contributed by atoms with E-state index in [0.717, 1.165) is 18.7 Å². The Balaban J connectivity index is 0.000000845. The zero-order chi connectivity index (χ0) is 8.55. The van der Waals surface area contributed by atoms with Gasteiger partial charge in [-0.25, -0.2) is 0 Å². The van der Waals surface area contributed by atoms with Crippen LogP contribution in [0.1, 0.15) is 17.2 Å². The van der Waals surface area contributed by atoms with Crippen LogP contribution < -0.4 is 0 Å². The van der Waals surface area contributed by atoms with Crippen molar-refractivity contribution in [1.29, 1.82) is 0 Å². The van der Waals surface area contributed by atoms with Gasteiger partial charge in [-0.05, 0) is 18.2 Å². The summed E-state index contributed by atoms with van der Waals surface area (Å²) in [4.78, 5) is 2.13. The molecular weight excluding hydrogens is 186 g/mol. The Hall–Kier alpha value is -0.570. The molecule has 1 aliphatic heterocycles. The minimum absolute atomic E-state index is 0. The first-order valence-electron chi connectivity index (χ1n) is 4.22. The van der Waals surface area contributed by atoms with Crippen molar-refractivity contribution in [1.82, 2.24) is 4.90 Å². The molecule has 0 radical (unpaired) electrons. The summed E-state index contributed by atoms with van der Waals surface area (Å²) in [7, 11) is 2.03. The molecule has 1 aliphatic rings. The van der Waals surface area contributed by atoms with E-state index >= 15 is 0 Å². The molecule has 0 saturated carbocycles. The number of likely N-dealkylation sites (N-methyl/N-ethyl adjacent to an activating group) is 1. The lowest BCUT2D eigenvalue weighted by molar-refractivity contribution is 0.108. The summed E-state index contributed by atoms with van der Waals surface area (Å²) >= 11 is 0. The van der Waals surface area contributed by atoms with Gasteiger partial charge in [-0.15, -0.1) is 12.4 Å². The Labute approximate surface area is 84.6 Å². The van der Waals surface area contributed by atoms with Crippen molar-refractivity contribution in [3.63, 3.8) is 0 Å². The summed E-state index contributed by atoms with van der Waals surface area (Å²) in [6.45, 7) is 1.70. The molecule has 13 heavy (non-hydrogen) atoms. The number of rotatable bonds is 0. The maximum absolute atomic E-state index is 9.69. The molecule has 1 atom stereocenters. The van der Waals surface area contributed by atoms with Crippen LogP contribution in [0.25, 0.3) is 0 Å². The number of aliphatic hydroxyl groups excluding tert-OH is 1. The molecule has 1 heterocycles. The second-order valence-electron chi connectivity index (χ2n) is 3.41. The van der Waals surface area contributed by atoms with Gasteiger partial charge in [0.2, 0.25) is 0 Å². The molecule has 2 nitrogen and oxygen atoms in total. The topological polar surface area (TPSA) is 23.5 Å². The number of nitrogens with zero attached hydrogens (tertiary/aromatic N) is 1. The van der Waals surface area contributed by atoms with Crippen LogP contribution in [0.5, 0.6) is 0 Å². The predicted octanol–water partition coefficient (Wildman–Crippen LogP) is 1.59. The van der Waals surface area contributed by atoms with E-state index in [1.54, 1.807) is 0 Å². The van der Waals surface area contributed by atoms with E-state index in [1.165, 1.54) is 5.56 Å². The first-order valence-corrected chi connectivity index (χ1v) is 4.22. The lowest BCUT2D eigenvalue weighted by Gasteiger charge is -2.28. The quantitative estimate of drug-likeness (QED) is 0.686. The standard InChI is InChI=1S/C10H13NO.ClH/c1-11-6-8-4-2-3-5-9(8)10(12)7-11;/h2-5,10,12H,6-7H2,1H3;1H. The second-order valence-corrected chi connectivity index (χ2v) is 3.41. The fourth-order valence-corrected chi connectivity index (χ4v) is 1.75. The first kappa shape index (κ1) is 10.5. The van der Waals surface area contributed by atoms with Crippen molar-refractivity contribution in [3.05, 3.63) is 35.4 Å².